The van der Waals surface area contributed by atoms with Crippen LogP contribution in [0.15, 0.2) is 0 Å². The van der Waals surface area contributed by atoms with Gasteiger partial charge in [0, 0.05) is 13.1 Å². The lowest BCUT2D eigenvalue weighted by molar-refractivity contribution is -0.132. The zero-order chi connectivity index (χ0) is 15.2. The highest BCUT2D eigenvalue weighted by atomic mass is 32.2. The van der Waals surface area contributed by atoms with E-state index in [4.69, 9.17) is 11.0 Å². The predicted octanol–water partition coefficient (Wildman–Crippen LogP) is -0.452. The summed E-state index contributed by atoms with van der Waals surface area (Å²) in [6.45, 7) is 0.949. The lowest BCUT2D eigenvalue weighted by atomic mass is 10.1. The number of unbranched alkanes of at least 4 members (excludes halogenated alkanes) is 1. The Morgan fingerprint density at radius 3 is 2.85 bits per heavy atom. The molecule has 0 radical (unpaired) electrons. The summed E-state index contributed by atoms with van der Waals surface area (Å²) >= 11 is 0. The Labute approximate surface area is 120 Å². The van der Waals surface area contributed by atoms with E-state index in [-0.39, 0.29) is 11.9 Å². The van der Waals surface area contributed by atoms with E-state index in [1.165, 1.54) is 0 Å². The molecule has 1 heterocycles. The van der Waals surface area contributed by atoms with E-state index < -0.39 is 16.1 Å². The number of nitrogens with one attached hydrogen (secondary N) is 1. The number of rotatable bonds is 7. The van der Waals surface area contributed by atoms with Crippen LogP contribution >= 0.6 is 0 Å². The molecule has 7 nitrogen and oxygen atoms in total. The third-order valence-corrected chi connectivity index (χ3v) is 4.04. The molecule has 0 bridgehead atoms. The maximum Gasteiger partial charge on any atom is 0.240 e. The number of likely N-dealkylation sites (tertiary alicyclic amines) is 1. The summed E-state index contributed by atoms with van der Waals surface area (Å²) in [4.78, 5) is 13.6. The molecule has 0 aromatic carbocycles. The largest absolute Gasteiger partial charge is 0.325 e. The smallest absolute Gasteiger partial charge is 0.240 e. The van der Waals surface area contributed by atoms with Gasteiger partial charge < -0.3 is 10.6 Å². The molecule has 1 saturated heterocycles. The molecule has 0 aromatic rings. The quantitative estimate of drug-likeness (QED) is 0.618. The molecule has 3 N–H and O–H groups in total. The molecule has 0 aromatic heterocycles. The van der Waals surface area contributed by atoms with Gasteiger partial charge in [-0.05, 0) is 25.7 Å². The van der Waals surface area contributed by atoms with Gasteiger partial charge >= 0.3 is 0 Å². The van der Waals surface area contributed by atoms with Crippen molar-refractivity contribution < 1.29 is 13.2 Å². The zero-order valence-corrected chi connectivity index (χ0v) is 12.5. The third kappa shape index (κ3) is 5.45. The number of carbonyl (C=O) groups excluding carboxylic acids is 1. The highest BCUT2D eigenvalue weighted by Crippen LogP contribution is 2.18. The second kappa shape index (κ2) is 7.57. The number of amides is 1. The third-order valence-electron chi connectivity index (χ3n) is 3.31. The summed E-state index contributed by atoms with van der Waals surface area (Å²) in [7, 11) is -3.16. The van der Waals surface area contributed by atoms with Gasteiger partial charge in [0.2, 0.25) is 15.9 Å². The van der Waals surface area contributed by atoms with Crippen molar-refractivity contribution in [3.05, 3.63) is 0 Å². The van der Waals surface area contributed by atoms with E-state index in [9.17, 15) is 13.2 Å². The van der Waals surface area contributed by atoms with E-state index in [0.29, 0.717) is 38.8 Å². The minimum atomic E-state index is -3.16. The lowest BCUT2D eigenvalue weighted by Gasteiger charge is -2.23. The topological polar surface area (TPSA) is 116 Å². The first-order valence-electron chi connectivity index (χ1n) is 6.75. The monoisotopic (exact) mass is 302 g/mol. The average Bonchev–Trinajstić information content (AvgIpc) is 2.84. The van der Waals surface area contributed by atoms with Crippen molar-refractivity contribution >= 4 is 15.9 Å². The normalized spacial score (nSPS) is 20.6. The van der Waals surface area contributed by atoms with Crippen molar-refractivity contribution in [2.45, 2.75) is 44.2 Å². The fraction of sp³-hybridized carbons (Fsp3) is 0.833. The Bertz CT molecular complexity index is 472. The van der Waals surface area contributed by atoms with Crippen molar-refractivity contribution in [2.24, 2.45) is 5.73 Å². The standard InChI is InChI=1S/C12H22N4O3S/c1-20(18,19)15-7-3-2-6-11(14)12(17)16-8-4-5-10(16)9-13/h10-11,15H,2-8,14H2,1H3/t10-,11-/m0/s1. The van der Waals surface area contributed by atoms with Gasteiger partial charge in [-0.15, -0.1) is 0 Å². The molecule has 0 spiro atoms. The van der Waals surface area contributed by atoms with Crippen LogP contribution in [0.5, 0.6) is 0 Å². The van der Waals surface area contributed by atoms with Gasteiger partial charge in [-0.1, -0.05) is 6.42 Å². The molecule has 1 fully saturated rings. The SMILES string of the molecule is CS(=O)(=O)NCCCC[C@H](N)C(=O)N1CCC[C@H]1C#N. The summed E-state index contributed by atoms with van der Waals surface area (Å²) < 4.78 is 24.1. The molecule has 1 aliphatic rings. The molecular formula is C12H22N4O3S. The minimum Gasteiger partial charge on any atom is -0.325 e. The van der Waals surface area contributed by atoms with Crippen LogP contribution in [0.3, 0.4) is 0 Å². The Hall–Kier alpha value is -1.17. The van der Waals surface area contributed by atoms with Crippen molar-refractivity contribution in [3.8, 4) is 6.07 Å². The van der Waals surface area contributed by atoms with Crippen LogP contribution in [0.2, 0.25) is 0 Å². The van der Waals surface area contributed by atoms with Crippen LogP contribution in [0, 0.1) is 11.3 Å². The molecule has 1 rings (SSSR count). The summed E-state index contributed by atoms with van der Waals surface area (Å²) in [6.07, 6.45) is 4.47. The summed E-state index contributed by atoms with van der Waals surface area (Å²) in [5.74, 6) is -0.176. The molecule has 1 aliphatic heterocycles. The number of nitrogens with zero attached hydrogens (tertiary/aromatic N) is 2. The van der Waals surface area contributed by atoms with Crippen LogP contribution < -0.4 is 10.5 Å². The van der Waals surface area contributed by atoms with Gasteiger partial charge in [0.05, 0.1) is 18.4 Å². The molecule has 8 heteroatoms. The minimum absolute atomic E-state index is 0.176. The Balaban J connectivity index is 2.27. The Morgan fingerprint density at radius 1 is 1.55 bits per heavy atom. The van der Waals surface area contributed by atoms with E-state index >= 15 is 0 Å². The Morgan fingerprint density at radius 2 is 2.25 bits per heavy atom. The molecule has 1 amide bonds. The molecule has 114 valence electrons. The number of hydrogen-bond acceptors (Lipinski definition) is 5. The molecule has 0 saturated carbocycles. The first kappa shape index (κ1) is 16.9. The van der Waals surface area contributed by atoms with Crippen molar-refractivity contribution in [1.29, 1.82) is 5.26 Å². The van der Waals surface area contributed by atoms with E-state index in [2.05, 4.69) is 10.8 Å². The van der Waals surface area contributed by atoms with E-state index in [1.807, 2.05) is 0 Å². The predicted molar refractivity (Wildman–Crippen MR) is 75.0 cm³/mol. The fourth-order valence-electron chi connectivity index (χ4n) is 2.25. The summed E-state index contributed by atoms with van der Waals surface area (Å²) in [5, 5.41) is 8.94. The van der Waals surface area contributed by atoms with Gasteiger partial charge in [0.25, 0.3) is 0 Å². The van der Waals surface area contributed by atoms with Crippen LogP contribution in [-0.4, -0.2) is 50.7 Å². The van der Waals surface area contributed by atoms with Crippen LogP contribution in [0.25, 0.3) is 0 Å². The number of hydrogen-bond donors (Lipinski definition) is 2. The molecule has 2 atom stereocenters. The van der Waals surface area contributed by atoms with Gasteiger partial charge in [0.15, 0.2) is 0 Å². The second-order valence-corrected chi connectivity index (χ2v) is 6.92. The van der Waals surface area contributed by atoms with Crippen molar-refractivity contribution in [1.82, 2.24) is 9.62 Å². The number of nitriles is 1. The highest BCUT2D eigenvalue weighted by Gasteiger charge is 2.31. The van der Waals surface area contributed by atoms with Crippen LogP contribution in [0.4, 0.5) is 0 Å². The second-order valence-electron chi connectivity index (χ2n) is 5.09. The molecule has 0 unspecified atom stereocenters. The van der Waals surface area contributed by atoms with Gasteiger partial charge in [-0.25, -0.2) is 13.1 Å². The molecular weight excluding hydrogens is 280 g/mol. The van der Waals surface area contributed by atoms with Crippen LogP contribution in [-0.2, 0) is 14.8 Å². The maximum atomic E-state index is 12.1. The maximum absolute atomic E-state index is 12.1. The van der Waals surface area contributed by atoms with Crippen molar-refractivity contribution in [2.75, 3.05) is 19.3 Å². The lowest BCUT2D eigenvalue weighted by Crippen LogP contribution is -2.45. The fourth-order valence-corrected chi connectivity index (χ4v) is 2.76. The number of nitrogens with two attached hydrogens (primary N) is 1. The molecule has 20 heavy (non-hydrogen) atoms. The van der Waals surface area contributed by atoms with Gasteiger partial charge in [-0.2, -0.15) is 5.26 Å². The van der Waals surface area contributed by atoms with E-state index in [0.717, 1.165) is 12.7 Å². The Kier molecular flexibility index (Phi) is 6.39. The first-order valence-corrected chi connectivity index (χ1v) is 8.64. The highest BCUT2D eigenvalue weighted by molar-refractivity contribution is 7.88. The zero-order valence-electron chi connectivity index (χ0n) is 11.7. The number of carbonyl (C=O) groups is 1. The summed E-state index contributed by atoms with van der Waals surface area (Å²) in [6, 6.07) is 1.16. The average molecular weight is 302 g/mol. The van der Waals surface area contributed by atoms with Gasteiger partial charge in [0.1, 0.15) is 6.04 Å². The molecule has 0 aliphatic carbocycles. The van der Waals surface area contributed by atoms with Crippen LogP contribution in [0.1, 0.15) is 32.1 Å². The number of sulfonamides is 1. The van der Waals surface area contributed by atoms with Crippen molar-refractivity contribution in [3.63, 3.8) is 0 Å². The van der Waals surface area contributed by atoms with E-state index in [1.54, 1.807) is 4.90 Å². The first-order chi connectivity index (χ1) is 9.35. The summed E-state index contributed by atoms with van der Waals surface area (Å²) in [5.41, 5.74) is 5.84. The van der Waals surface area contributed by atoms with Gasteiger partial charge in [-0.3, -0.25) is 4.79 Å².